The summed E-state index contributed by atoms with van der Waals surface area (Å²) in [5.41, 5.74) is 2.56. The number of carbonyl (C=O) groups is 1. The molecule has 0 saturated carbocycles. The summed E-state index contributed by atoms with van der Waals surface area (Å²) in [7, 11) is 0. The van der Waals surface area contributed by atoms with E-state index in [0.29, 0.717) is 24.4 Å². The first-order valence-corrected chi connectivity index (χ1v) is 10.00. The number of hydrogen-bond acceptors (Lipinski definition) is 6. The fourth-order valence-electron chi connectivity index (χ4n) is 3.78. The molecule has 1 aliphatic heterocycles. The first-order chi connectivity index (χ1) is 14.8. The van der Waals surface area contributed by atoms with E-state index in [1.165, 1.54) is 6.33 Å². The van der Waals surface area contributed by atoms with Crippen LogP contribution in [-0.2, 0) is 0 Å². The van der Waals surface area contributed by atoms with E-state index in [2.05, 4.69) is 25.4 Å². The number of hydrogen-bond donors (Lipinski definition) is 1. The zero-order valence-corrected chi connectivity index (χ0v) is 16.3. The van der Waals surface area contributed by atoms with Gasteiger partial charge >= 0.3 is 0 Å². The van der Waals surface area contributed by atoms with Gasteiger partial charge in [-0.05, 0) is 25.0 Å². The third-order valence-electron chi connectivity index (χ3n) is 5.38. The molecule has 5 rings (SSSR count). The largest absolute Gasteiger partial charge is 0.367 e. The molecular formula is C22H21N7O. The number of rotatable bonds is 4. The van der Waals surface area contributed by atoms with Crippen molar-refractivity contribution < 1.29 is 4.79 Å². The van der Waals surface area contributed by atoms with Gasteiger partial charge in [-0.25, -0.2) is 4.98 Å². The molecule has 1 aliphatic rings. The summed E-state index contributed by atoms with van der Waals surface area (Å²) >= 11 is 0. The van der Waals surface area contributed by atoms with Gasteiger partial charge in [0.1, 0.15) is 12.1 Å². The van der Waals surface area contributed by atoms with Gasteiger partial charge in [0.15, 0.2) is 0 Å². The lowest BCUT2D eigenvalue weighted by atomic mass is 10.0. The number of piperidine rings is 1. The zero-order valence-electron chi connectivity index (χ0n) is 16.3. The molecule has 1 N–H and O–H groups in total. The van der Waals surface area contributed by atoms with Crippen molar-refractivity contribution in [3.05, 3.63) is 72.8 Å². The Kier molecular flexibility index (Phi) is 4.80. The summed E-state index contributed by atoms with van der Waals surface area (Å²) in [6, 6.07) is 15.8. The third-order valence-corrected chi connectivity index (χ3v) is 5.38. The number of nitrogens with zero attached hydrogens (tertiary/aromatic N) is 6. The number of carbonyl (C=O) groups excluding carboxylic acids is 1. The Bertz CT molecular complexity index is 1150. The molecule has 30 heavy (non-hydrogen) atoms. The fourth-order valence-corrected chi connectivity index (χ4v) is 3.78. The molecule has 4 heterocycles. The molecule has 0 radical (unpaired) electrons. The highest BCUT2D eigenvalue weighted by molar-refractivity contribution is 5.94. The Morgan fingerprint density at radius 2 is 1.80 bits per heavy atom. The molecule has 0 unspecified atom stereocenters. The Balaban J connectivity index is 1.32. The normalized spacial score (nSPS) is 14.7. The van der Waals surface area contributed by atoms with Crippen LogP contribution >= 0.6 is 0 Å². The SMILES string of the molecule is O=C(c1ccncc1)N1CCC(Nc2cc(-c3ccccc3)nc3ncnn23)CC1. The maximum Gasteiger partial charge on any atom is 0.254 e. The molecule has 1 saturated heterocycles. The number of likely N-dealkylation sites (tertiary alicyclic amines) is 1. The summed E-state index contributed by atoms with van der Waals surface area (Å²) in [5, 5.41) is 7.90. The van der Waals surface area contributed by atoms with Gasteiger partial charge in [0.05, 0.1) is 5.69 Å². The van der Waals surface area contributed by atoms with Crippen LogP contribution in [0.2, 0.25) is 0 Å². The highest BCUT2D eigenvalue weighted by Crippen LogP contribution is 2.23. The Labute approximate surface area is 173 Å². The van der Waals surface area contributed by atoms with Crippen molar-refractivity contribution in [2.45, 2.75) is 18.9 Å². The van der Waals surface area contributed by atoms with Gasteiger partial charge in [0, 0.05) is 48.7 Å². The van der Waals surface area contributed by atoms with E-state index in [4.69, 9.17) is 0 Å². The van der Waals surface area contributed by atoms with Gasteiger partial charge < -0.3 is 10.2 Å². The van der Waals surface area contributed by atoms with Crippen LogP contribution < -0.4 is 5.32 Å². The van der Waals surface area contributed by atoms with Crippen LogP contribution in [0.5, 0.6) is 0 Å². The summed E-state index contributed by atoms with van der Waals surface area (Å²) < 4.78 is 1.72. The van der Waals surface area contributed by atoms with E-state index in [0.717, 1.165) is 29.9 Å². The Hall–Kier alpha value is -3.81. The summed E-state index contributed by atoms with van der Waals surface area (Å²) in [6.07, 6.45) is 6.53. The minimum absolute atomic E-state index is 0.0600. The molecule has 1 aromatic carbocycles. The van der Waals surface area contributed by atoms with Crippen LogP contribution in [0.25, 0.3) is 17.0 Å². The minimum Gasteiger partial charge on any atom is -0.367 e. The van der Waals surface area contributed by atoms with Crippen molar-refractivity contribution in [3.8, 4) is 11.3 Å². The molecule has 0 atom stereocenters. The van der Waals surface area contributed by atoms with Gasteiger partial charge in [-0.3, -0.25) is 9.78 Å². The number of fused-ring (bicyclic) bond motifs is 1. The van der Waals surface area contributed by atoms with E-state index in [9.17, 15) is 4.79 Å². The average molecular weight is 399 g/mol. The van der Waals surface area contributed by atoms with Crippen LogP contribution in [0.3, 0.4) is 0 Å². The van der Waals surface area contributed by atoms with Gasteiger partial charge in [0.25, 0.3) is 11.7 Å². The van der Waals surface area contributed by atoms with E-state index in [1.54, 1.807) is 29.0 Å². The lowest BCUT2D eigenvalue weighted by Crippen LogP contribution is -2.42. The number of aromatic nitrogens is 5. The quantitative estimate of drug-likeness (QED) is 0.568. The van der Waals surface area contributed by atoms with Crippen molar-refractivity contribution in [1.82, 2.24) is 29.5 Å². The molecule has 3 aromatic heterocycles. The average Bonchev–Trinajstić information content (AvgIpc) is 3.29. The Morgan fingerprint density at radius 3 is 2.57 bits per heavy atom. The number of amides is 1. The number of benzene rings is 1. The lowest BCUT2D eigenvalue weighted by molar-refractivity contribution is 0.0718. The van der Waals surface area contributed by atoms with E-state index >= 15 is 0 Å². The predicted octanol–water partition coefficient (Wildman–Crippen LogP) is 2.90. The van der Waals surface area contributed by atoms with Gasteiger partial charge in [0.2, 0.25) is 0 Å². The van der Waals surface area contributed by atoms with Crippen molar-refractivity contribution in [3.63, 3.8) is 0 Å². The molecular weight excluding hydrogens is 378 g/mol. The monoisotopic (exact) mass is 399 g/mol. The van der Waals surface area contributed by atoms with Gasteiger partial charge in [-0.2, -0.15) is 14.6 Å². The highest BCUT2D eigenvalue weighted by atomic mass is 16.2. The van der Waals surface area contributed by atoms with Crippen LogP contribution in [0.4, 0.5) is 5.82 Å². The molecule has 150 valence electrons. The smallest absolute Gasteiger partial charge is 0.254 e. The van der Waals surface area contributed by atoms with Crippen molar-refractivity contribution in [1.29, 1.82) is 0 Å². The molecule has 0 spiro atoms. The van der Waals surface area contributed by atoms with E-state index in [1.807, 2.05) is 41.3 Å². The molecule has 0 bridgehead atoms. The van der Waals surface area contributed by atoms with Crippen molar-refractivity contribution >= 4 is 17.5 Å². The van der Waals surface area contributed by atoms with Crippen LogP contribution in [0.15, 0.2) is 67.3 Å². The van der Waals surface area contributed by atoms with Crippen molar-refractivity contribution in [2.24, 2.45) is 0 Å². The maximum absolute atomic E-state index is 12.7. The minimum atomic E-state index is 0.0600. The highest BCUT2D eigenvalue weighted by Gasteiger charge is 2.24. The predicted molar refractivity (Wildman–Crippen MR) is 113 cm³/mol. The molecule has 8 heteroatoms. The second-order valence-corrected chi connectivity index (χ2v) is 7.31. The summed E-state index contributed by atoms with van der Waals surface area (Å²) in [4.78, 5) is 27.4. The molecule has 1 amide bonds. The Morgan fingerprint density at radius 1 is 1.03 bits per heavy atom. The topological polar surface area (TPSA) is 88.3 Å². The summed E-state index contributed by atoms with van der Waals surface area (Å²) in [5.74, 6) is 1.48. The fraction of sp³-hybridized carbons (Fsp3) is 0.227. The zero-order chi connectivity index (χ0) is 20.3. The first kappa shape index (κ1) is 18.2. The lowest BCUT2D eigenvalue weighted by Gasteiger charge is -2.33. The van der Waals surface area contributed by atoms with Gasteiger partial charge in [-0.15, -0.1) is 0 Å². The van der Waals surface area contributed by atoms with Crippen molar-refractivity contribution in [2.75, 3.05) is 18.4 Å². The van der Waals surface area contributed by atoms with Crippen LogP contribution in [0.1, 0.15) is 23.2 Å². The molecule has 4 aromatic rings. The van der Waals surface area contributed by atoms with Crippen LogP contribution in [-0.4, -0.2) is 54.5 Å². The first-order valence-electron chi connectivity index (χ1n) is 10.00. The number of nitrogens with one attached hydrogen (secondary N) is 1. The third kappa shape index (κ3) is 3.59. The van der Waals surface area contributed by atoms with Crippen LogP contribution in [0, 0.1) is 0 Å². The van der Waals surface area contributed by atoms with E-state index < -0.39 is 0 Å². The molecule has 8 nitrogen and oxygen atoms in total. The number of anilines is 1. The van der Waals surface area contributed by atoms with Gasteiger partial charge in [-0.1, -0.05) is 30.3 Å². The van der Waals surface area contributed by atoms with E-state index in [-0.39, 0.29) is 11.9 Å². The second-order valence-electron chi connectivity index (χ2n) is 7.31. The maximum atomic E-state index is 12.7. The standard InChI is InChI=1S/C22H21N7O/c30-21(17-6-10-23-11-7-17)28-12-8-18(9-13-28)26-20-14-19(16-4-2-1-3-5-16)27-22-24-15-25-29(20)22/h1-7,10-11,14-15,18,26H,8-9,12-13H2. The molecule has 1 fully saturated rings. The second kappa shape index (κ2) is 7.90. The number of pyridine rings is 1. The summed E-state index contributed by atoms with van der Waals surface area (Å²) in [6.45, 7) is 1.41. The molecule has 0 aliphatic carbocycles.